The number of hydrogen-bond donors (Lipinski definition) is 1. The van der Waals surface area contributed by atoms with Crippen LogP contribution in [0.25, 0.3) is 0 Å². The lowest BCUT2D eigenvalue weighted by molar-refractivity contribution is -0.158. The van der Waals surface area contributed by atoms with Gasteiger partial charge in [-0.2, -0.15) is 0 Å². The summed E-state index contributed by atoms with van der Waals surface area (Å²) in [5.41, 5.74) is -0.260. The van der Waals surface area contributed by atoms with E-state index in [2.05, 4.69) is 26.1 Å². The average molecular weight is 241 g/mol. The number of ether oxygens (including phenoxy) is 1. The Hall–Kier alpha value is -0.570. The molecule has 2 atom stereocenters. The number of piperidine rings is 1. The van der Waals surface area contributed by atoms with Crippen molar-refractivity contribution in [2.24, 2.45) is 11.3 Å². The molecule has 0 bridgehead atoms. The molecular formula is C14H27NO2. The Bertz CT molecular complexity index is 234. The minimum atomic E-state index is -0.260. The monoisotopic (exact) mass is 241 g/mol. The Balaban J connectivity index is 2.43. The van der Waals surface area contributed by atoms with Crippen molar-refractivity contribution in [3.63, 3.8) is 0 Å². The van der Waals surface area contributed by atoms with E-state index in [0.29, 0.717) is 12.5 Å². The lowest BCUT2D eigenvalue weighted by atomic mass is 9.78. The predicted octanol–water partition coefficient (Wildman–Crippen LogP) is 2.75. The first-order chi connectivity index (χ1) is 8.14. The van der Waals surface area contributed by atoms with Gasteiger partial charge < -0.3 is 10.1 Å². The van der Waals surface area contributed by atoms with E-state index in [9.17, 15) is 4.79 Å². The van der Waals surface area contributed by atoms with Gasteiger partial charge in [0.1, 0.15) is 0 Å². The van der Waals surface area contributed by atoms with E-state index in [0.717, 1.165) is 45.2 Å². The first kappa shape index (κ1) is 14.5. The van der Waals surface area contributed by atoms with Crippen LogP contribution in [0.5, 0.6) is 0 Å². The number of rotatable bonds is 6. The SMILES string of the molecule is CCCC(C)COC(=O)C1(CC)CCCNC1. The third kappa shape index (κ3) is 3.98. The quantitative estimate of drug-likeness (QED) is 0.727. The number of hydrogen-bond acceptors (Lipinski definition) is 3. The second kappa shape index (κ2) is 7.00. The standard InChI is InChI=1S/C14H27NO2/c1-4-7-12(3)10-17-13(16)14(5-2)8-6-9-15-11-14/h12,15H,4-11H2,1-3H3. The Labute approximate surface area is 105 Å². The fraction of sp³-hybridized carbons (Fsp3) is 0.929. The lowest BCUT2D eigenvalue weighted by Crippen LogP contribution is -2.46. The van der Waals surface area contributed by atoms with Crippen LogP contribution < -0.4 is 5.32 Å². The minimum absolute atomic E-state index is 0.00940. The zero-order valence-corrected chi connectivity index (χ0v) is 11.6. The molecule has 0 aromatic carbocycles. The normalized spacial score (nSPS) is 26.5. The van der Waals surface area contributed by atoms with Gasteiger partial charge in [0.05, 0.1) is 12.0 Å². The van der Waals surface area contributed by atoms with Gasteiger partial charge in [0.2, 0.25) is 0 Å². The van der Waals surface area contributed by atoms with Crippen molar-refractivity contribution < 1.29 is 9.53 Å². The van der Waals surface area contributed by atoms with Crippen molar-refractivity contribution in [2.75, 3.05) is 19.7 Å². The summed E-state index contributed by atoms with van der Waals surface area (Å²) in [6.07, 6.45) is 5.20. The van der Waals surface area contributed by atoms with Crippen molar-refractivity contribution in [1.82, 2.24) is 5.32 Å². The van der Waals surface area contributed by atoms with Crippen LogP contribution in [0.3, 0.4) is 0 Å². The molecule has 0 amide bonds. The highest BCUT2D eigenvalue weighted by molar-refractivity contribution is 5.77. The first-order valence-corrected chi connectivity index (χ1v) is 7.02. The molecule has 1 N–H and O–H groups in total. The maximum Gasteiger partial charge on any atom is 0.313 e. The molecule has 0 aliphatic carbocycles. The molecular weight excluding hydrogens is 214 g/mol. The average Bonchev–Trinajstić information content (AvgIpc) is 2.37. The second-order valence-corrected chi connectivity index (χ2v) is 5.41. The van der Waals surface area contributed by atoms with Crippen LogP contribution in [-0.2, 0) is 9.53 Å². The molecule has 3 nitrogen and oxygen atoms in total. The summed E-state index contributed by atoms with van der Waals surface area (Å²) in [5, 5.41) is 3.32. The molecule has 0 aromatic rings. The summed E-state index contributed by atoms with van der Waals surface area (Å²) in [5.74, 6) is 0.490. The molecule has 1 aliphatic heterocycles. The van der Waals surface area contributed by atoms with E-state index < -0.39 is 0 Å². The fourth-order valence-corrected chi connectivity index (χ4v) is 2.54. The van der Waals surface area contributed by atoms with Crippen LogP contribution in [0.4, 0.5) is 0 Å². The maximum atomic E-state index is 12.2. The number of carbonyl (C=O) groups excluding carboxylic acids is 1. The predicted molar refractivity (Wildman–Crippen MR) is 69.9 cm³/mol. The highest BCUT2D eigenvalue weighted by atomic mass is 16.5. The van der Waals surface area contributed by atoms with Gasteiger partial charge in [-0.05, 0) is 38.1 Å². The van der Waals surface area contributed by atoms with Crippen molar-refractivity contribution in [3.05, 3.63) is 0 Å². The van der Waals surface area contributed by atoms with E-state index in [1.54, 1.807) is 0 Å². The molecule has 1 fully saturated rings. The van der Waals surface area contributed by atoms with Crippen LogP contribution in [-0.4, -0.2) is 25.7 Å². The van der Waals surface area contributed by atoms with Crippen molar-refractivity contribution in [2.45, 2.75) is 52.9 Å². The summed E-state index contributed by atoms with van der Waals surface area (Å²) >= 11 is 0. The van der Waals surface area contributed by atoms with Gasteiger partial charge in [0.15, 0.2) is 0 Å². The Morgan fingerprint density at radius 1 is 1.47 bits per heavy atom. The lowest BCUT2D eigenvalue weighted by Gasteiger charge is -2.34. The topological polar surface area (TPSA) is 38.3 Å². The van der Waals surface area contributed by atoms with Crippen molar-refractivity contribution in [3.8, 4) is 0 Å². The Morgan fingerprint density at radius 2 is 2.24 bits per heavy atom. The van der Waals surface area contributed by atoms with E-state index in [1.807, 2.05) is 0 Å². The molecule has 1 heterocycles. The van der Waals surface area contributed by atoms with Gasteiger partial charge in [-0.15, -0.1) is 0 Å². The molecule has 3 heteroatoms. The molecule has 1 saturated heterocycles. The Kier molecular flexibility index (Phi) is 5.96. The number of nitrogens with one attached hydrogen (secondary N) is 1. The molecule has 2 unspecified atom stereocenters. The van der Waals surface area contributed by atoms with E-state index in [4.69, 9.17) is 4.74 Å². The summed E-state index contributed by atoms with van der Waals surface area (Å²) in [6, 6.07) is 0. The van der Waals surface area contributed by atoms with Crippen molar-refractivity contribution in [1.29, 1.82) is 0 Å². The molecule has 1 rings (SSSR count). The van der Waals surface area contributed by atoms with Gasteiger partial charge >= 0.3 is 5.97 Å². The van der Waals surface area contributed by atoms with Gasteiger partial charge in [-0.1, -0.05) is 27.2 Å². The second-order valence-electron chi connectivity index (χ2n) is 5.41. The summed E-state index contributed by atoms with van der Waals surface area (Å²) in [4.78, 5) is 12.2. The van der Waals surface area contributed by atoms with Crippen LogP contribution in [0.1, 0.15) is 52.9 Å². The van der Waals surface area contributed by atoms with Gasteiger partial charge in [0.25, 0.3) is 0 Å². The third-order valence-corrected chi connectivity index (χ3v) is 3.86. The molecule has 0 aromatic heterocycles. The van der Waals surface area contributed by atoms with E-state index in [1.165, 1.54) is 0 Å². The smallest absolute Gasteiger partial charge is 0.313 e. The highest BCUT2D eigenvalue weighted by Crippen LogP contribution is 2.31. The van der Waals surface area contributed by atoms with Crippen LogP contribution in [0.2, 0.25) is 0 Å². The zero-order chi connectivity index (χ0) is 12.7. The van der Waals surface area contributed by atoms with Gasteiger partial charge in [-0.3, -0.25) is 4.79 Å². The van der Waals surface area contributed by atoms with Gasteiger partial charge in [-0.25, -0.2) is 0 Å². The number of carbonyl (C=O) groups is 1. The van der Waals surface area contributed by atoms with E-state index in [-0.39, 0.29) is 11.4 Å². The Morgan fingerprint density at radius 3 is 2.76 bits per heavy atom. The van der Waals surface area contributed by atoms with Crippen LogP contribution in [0, 0.1) is 11.3 Å². The van der Waals surface area contributed by atoms with Crippen LogP contribution >= 0.6 is 0 Å². The van der Waals surface area contributed by atoms with Crippen molar-refractivity contribution >= 4 is 5.97 Å². The molecule has 0 saturated carbocycles. The summed E-state index contributed by atoms with van der Waals surface area (Å²) < 4.78 is 5.51. The first-order valence-electron chi connectivity index (χ1n) is 7.02. The zero-order valence-electron chi connectivity index (χ0n) is 11.6. The highest BCUT2D eigenvalue weighted by Gasteiger charge is 2.39. The number of esters is 1. The molecule has 100 valence electrons. The molecule has 1 aliphatic rings. The fourth-order valence-electron chi connectivity index (χ4n) is 2.54. The molecule has 0 radical (unpaired) electrons. The summed E-state index contributed by atoms with van der Waals surface area (Å²) in [7, 11) is 0. The maximum absolute atomic E-state index is 12.2. The molecule has 0 spiro atoms. The minimum Gasteiger partial charge on any atom is -0.465 e. The van der Waals surface area contributed by atoms with E-state index >= 15 is 0 Å². The largest absolute Gasteiger partial charge is 0.465 e. The van der Waals surface area contributed by atoms with Crippen LogP contribution in [0.15, 0.2) is 0 Å². The summed E-state index contributed by atoms with van der Waals surface area (Å²) in [6.45, 7) is 8.79. The molecule has 17 heavy (non-hydrogen) atoms. The van der Waals surface area contributed by atoms with Gasteiger partial charge in [0, 0.05) is 6.54 Å². The third-order valence-electron chi connectivity index (χ3n) is 3.86.